The molecule has 0 spiro atoms. The first-order valence-corrected chi connectivity index (χ1v) is 7.31. The Hall–Kier alpha value is -1.72. The molecule has 0 bridgehead atoms. The maximum Gasteiger partial charge on any atom is 0.117 e. The van der Waals surface area contributed by atoms with E-state index in [4.69, 9.17) is 0 Å². The maximum absolute atomic E-state index is 9.22. The molecule has 0 amide bonds. The second-order valence-corrected chi connectivity index (χ2v) is 6.30. The molecule has 1 heterocycles. The first-order chi connectivity index (χ1) is 10.0. The van der Waals surface area contributed by atoms with E-state index >= 15 is 0 Å². The highest BCUT2D eigenvalue weighted by Crippen LogP contribution is 2.23. The van der Waals surface area contributed by atoms with Crippen molar-refractivity contribution in [1.82, 2.24) is 20.7 Å². The molecule has 0 saturated heterocycles. The predicted molar refractivity (Wildman–Crippen MR) is 83.6 cm³/mol. The van der Waals surface area contributed by atoms with Gasteiger partial charge in [0, 0.05) is 24.8 Å². The van der Waals surface area contributed by atoms with Gasteiger partial charge in [0.2, 0.25) is 0 Å². The van der Waals surface area contributed by atoms with Crippen molar-refractivity contribution < 1.29 is 5.11 Å². The smallest absolute Gasteiger partial charge is 0.117 e. The van der Waals surface area contributed by atoms with Gasteiger partial charge in [-0.25, -0.2) is 0 Å². The summed E-state index contributed by atoms with van der Waals surface area (Å²) in [6.45, 7) is 7.31. The lowest BCUT2D eigenvalue weighted by Crippen LogP contribution is -2.40. The Balaban J connectivity index is 2.09. The van der Waals surface area contributed by atoms with E-state index in [1.54, 1.807) is 0 Å². The van der Waals surface area contributed by atoms with Gasteiger partial charge in [-0.2, -0.15) is 15.4 Å². The van der Waals surface area contributed by atoms with Crippen molar-refractivity contribution in [1.29, 1.82) is 0 Å². The molecule has 5 nitrogen and oxygen atoms in total. The number of nitrogens with zero attached hydrogens (tertiary/aromatic N) is 2. The minimum atomic E-state index is 0.0827. The van der Waals surface area contributed by atoms with Crippen LogP contribution in [0.15, 0.2) is 30.3 Å². The standard InChI is InChI=1S/C16H24N4O/c1-16(2,3)14(9-10-21)17-11-13-15(19-20-18-13)12-7-5-4-6-8-12/h4-8,14,17,21H,9-11H2,1-3H3,(H,18,19,20). The summed E-state index contributed by atoms with van der Waals surface area (Å²) in [6, 6.07) is 10.2. The molecule has 21 heavy (non-hydrogen) atoms. The second-order valence-electron chi connectivity index (χ2n) is 6.30. The fraction of sp³-hybridized carbons (Fsp3) is 0.500. The maximum atomic E-state index is 9.22. The van der Waals surface area contributed by atoms with E-state index in [1.807, 2.05) is 30.3 Å². The van der Waals surface area contributed by atoms with Crippen LogP contribution in [0.4, 0.5) is 0 Å². The van der Waals surface area contributed by atoms with Crippen LogP contribution in [0.25, 0.3) is 11.3 Å². The lowest BCUT2D eigenvalue weighted by molar-refractivity contribution is 0.196. The summed E-state index contributed by atoms with van der Waals surface area (Å²) in [4.78, 5) is 0. The number of rotatable bonds is 6. The normalized spacial score (nSPS) is 13.3. The van der Waals surface area contributed by atoms with Crippen LogP contribution in [0, 0.1) is 5.41 Å². The molecule has 1 atom stereocenters. The summed E-state index contributed by atoms with van der Waals surface area (Å²) in [6.07, 6.45) is 0.724. The van der Waals surface area contributed by atoms with Gasteiger partial charge in [0.05, 0.1) is 0 Å². The third-order valence-corrected chi connectivity index (χ3v) is 3.65. The van der Waals surface area contributed by atoms with Crippen molar-refractivity contribution in [3.05, 3.63) is 36.0 Å². The van der Waals surface area contributed by atoms with Crippen molar-refractivity contribution >= 4 is 0 Å². The molecule has 0 aliphatic rings. The molecule has 0 aliphatic heterocycles. The van der Waals surface area contributed by atoms with E-state index in [2.05, 4.69) is 41.5 Å². The van der Waals surface area contributed by atoms with E-state index in [0.717, 1.165) is 23.4 Å². The summed E-state index contributed by atoms with van der Waals surface area (Å²) >= 11 is 0. The summed E-state index contributed by atoms with van der Waals surface area (Å²) in [5.74, 6) is 0. The monoisotopic (exact) mass is 288 g/mol. The Bertz CT molecular complexity index is 545. The number of aliphatic hydroxyl groups excluding tert-OH is 1. The molecular formula is C16H24N4O. The topological polar surface area (TPSA) is 73.8 Å². The molecule has 1 unspecified atom stereocenters. The van der Waals surface area contributed by atoms with Crippen LogP contribution in [-0.4, -0.2) is 33.2 Å². The summed E-state index contributed by atoms with van der Waals surface area (Å²) < 4.78 is 0. The third kappa shape index (κ3) is 4.12. The zero-order chi connectivity index (χ0) is 15.3. The van der Waals surface area contributed by atoms with Gasteiger partial charge < -0.3 is 10.4 Å². The van der Waals surface area contributed by atoms with Crippen LogP contribution in [0.5, 0.6) is 0 Å². The molecule has 5 heteroatoms. The highest BCUT2D eigenvalue weighted by atomic mass is 16.3. The lowest BCUT2D eigenvalue weighted by Gasteiger charge is -2.31. The Morgan fingerprint density at radius 1 is 1.19 bits per heavy atom. The molecule has 3 N–H and O–H groups in total. The van der Waals surface area contributed by atoms with Crippen molar-refractivity contribution in [3.8, 4) is 11.3 Å². The highest BCUT2D eigenvalue weighted by Gasteiger charge is 2.24. The van der Waals surface area contributed by atoms with E-state index in [1.165, 1.54) is 0 Å². The zero-order valence-corrected chi connectivity index (χ0v) is 12.9. The predicted octanol–water partition coefficient (Wildman–Crippen LogP) is 2.36. The minimum absolute atomic E-state index is 0.0827. The van der Waals surface area contributed by atoms with Crippen molar-refractivity contribution in [2.24, 2.45) is 5.41 Å². The Morgan fingerprint density at radius 2 is 1.90 bits per heavy atom. The zero-order valence-electron chi connectivity index (χ0n) is 12.9. The van der Waals surface area contributed by atoms with Crippen LogP contribution in [0.3, 0.4) is 0 Å². The first-order valence-electron chi connectivity index (χ1n) is 7.31. The molecular weight excluding hydrogens is 264 g/mol. The SMILES string of the molecule is CC(C)(C)C(CCO)NCc1n[nH]nc1-c1ccccc1. The second kappa shape index (κ2) is 6.83. The molecule has 0 saturated carbocycles. The Kier molecular flexibility index (Phi) is 5.09. The van der Waals surface area contributed by atoms with Gasteiger partial charge in [-0.1, -0.05) is 51.1 Å². The van der Waals surface area contributed by atoms with Gasteiger partial charge >= 0.3 is 0 Å². The molecule has 1 aromatic carbocycles. The number of aliphatic hydroxyl groups is 1. The van der Waals surface area contributed by atoms with E-state index in [9.17, 15) is 5.11 Å². The minimum Gasteiger partial charge on any atom is -0.396 e. The average molecular weight is 288 g/mol. The molecule has 0 fully saturated rings. The van der Waals surface area contributed by atoms with E-state index in [-0.39, 0.29) is 18.1 Å². The number of aromatic nitrogens is 3. The lowest BCUT2D eigenvalue weighted by atomic mass is 9.85. The molecule has 2 rings (SSSR count). The Morgan fingerprint density at radius 3 is 2.52 bits per heavy atom. The van der Waals surface area contributed by atoms with Crippen LogP contribution in [0.2, 0.25) is 0 Å². The van der Waals surface area contributed by atoms with Crippen LogP contribution < -0.4 is 5.32 Å². The number of aromatic amines is 1. The Labute approximate surface area is 125 Å². The van der Waals surface area contributed by atoms with E-state index < -0.39 is 0 Å². The fourth-order valence-electron chi connectivity index (χ4n) is 2.39. The molecule has 0 radical (unpaired) electrons. The van der Waals surface area contributed by atoms with Crippen LogP contribution in [0.1, 0.15) is 32.9 Å². The van der Waals surface area contributed by atoms with Gasteiger partial charge in [-0.15, -0.1) is 0 Å². The summed E-state index contributed by atoms with van der Waals surface area (Å²) in [5, 5.41) is 23.9. The number of hydrogen-bond acceptors (Lipinski definition) is 4. The molecule has 2 aromatic rings. The number of benzene rings is 1. The largest absolute Gasteiger partial charge is 0.396 e. The van der Waals surface area contributed by atoms with Crippen molar-refractivity contribution in [2.45, 2.75) is 39.8 Å². The number of nitrogens with one attached hydrogen (secondary N) is 2. The first kappa shape index (κ1) is 15.7. The van der Waals surface area contributed by atoms with Crippen LogP contribution in [-0.2, 0) is 6.54 Å². The van der Waals surface area contributed by atoms with E-state index in [0.29, 0.717) is 6.54 Å². The van der Waals surface area contributed by atoms with Gasteiger partial charge in [-0.05, 0) is 11.8 Å². The fourth-order valence-corrected chi connectivity index (χ4v) is 2.39. The molecule has 0 aliphatic carbocycles. The third-order valence-electron chi connectivity index (χ3n) is 3.65. The summed E-state index contributed by atoms with van der Waals surface area (Å²) in [7, 11) is 0. The molecule has 114 valence electrons. The van der Waals surface area contributed by atoms with Gasteiger partial charge in [0.15, 0.2) is 0 Å². The highest BCUT2D eigenvalue weighted by molar-refractivity contribution is 5.60. The number of H-pyrrole nitrogens is 1. The van der Waals surface area contributed by atoms with Gasteiger partial charge in [-0.3, -0.25) is 0 Å². The van der Waals surface area contributed by atoms with Crippen molar-refractivity contribution in [3.63, 3.8) is 0 Å². The number of hydrogen-bond donors (Lipinski definition) is 3. The van der Waals surface area contributed by atoms with Crippen LogP contribution >= 0.6 is 0 Å². The molecule has 1 aromatic heterocycles. The van der Waals surface area contributed by atoms with Gasteiger partial charge in [0.25, 0.3) is 0 Å². The quantitative estimate of drug-likeness (QED) is 0.763. The van der Waals surface area contributed by atoms with Crippen molar-refractivity contribution in [2.75, 3.05) is 6.61 Å². The average Bonchev–Trinajstić information content (AvgIpc) is 2.91. The van der Waals surface area contributed by atoms with Gasteiger partial charge in [0.1, 0.15) is 11.4 Å². The summed E-state index contributed by atoms with van der Waals surface area (Å²) in [5.41, 5.74) is 2.91.